The molecule has 1 atom stereocenters. The smallest absolute Gasteiger partial charge is 0.246 e. The molecule has 1 unspecified atom stereocenters. The van der Waals surface area contributed by atoms with E-state index in [0.717, 1.165) is 10.2 Å². The van der Waals surface area contributed by atoms with Crippen LogP contribution in [0.1, 0.15) is 13.8 Å². The van der Waals surface area contributed by atoms with Crippen molar-refractivity contribution in [3.8, 4) is 0 Å². The van der Waals surface area contributed by atoms with Gasteiger partial charge in [-0.25, -0.2) is 0 Å². The number of halogens is 1. The Morgan fingerprint density at radius 3 is 2.63 bits per heavy atom. The second kappa shape index (κ2) is 5.23. The molecule has 1 aliphatic rings. The summed E-state index contributed by atoms with van der Waals surface area (Å²) in [5, 5.41) is 9.50. The number of aliphatic hydroxyl groups is 1. The third-order valence-corrected chi connectivity index (χ3v) is 4.51. The molecule has 0 saturated carbocycles. The molecule has 104 valence electrons. The first-order chi connectivity index (χ1) is 8.88. The van der Waals surface area contributed by atoms with Crippen LogP contribution in [0.2, 0.25) is 0 Å². The Labute approximate surface area is 122 Å². The Hall–Kier alpha value is -0.910. The molecule has 0 radical (unpaired) electrons. The summed E-state index contributed by atoms with van der Waals surface area (Å²) in [4.78, 5) is 16.2. The molecule has 5 heteroatoms. The van der Waals surface area contributed by atoms with Gasteiger partial charge < -0.3 is 10.0 Å². The van der Waals surface area contributed by atoms with E-state index in [1.165, 1.54) is 0 Å². The van der Waals surface area contributed by atoms with Crippen molar-refractivity contribution in [2.75, 3.05) is 25.1 Å². The third-order valence-electron chi connectivity index (χ3n) is 3.83. The van der Waals surface area contributed by atoms with Gasteiger partial charge in [0.1, 0.15) is 6.04 Å². The summed E-state index contributed by atoms with van der Waals surface area (Å²) in [7, 11) is 1.89. The average molecular weight is 327 g/mol. The van der Waals surface area contributed by atoms with E-state index >= 15 is 0 Å². The summed E-state index contributed by atoms with van der Waals surface area (Å²) in [5.41, 5.74) is 0.670. The summed E-state index contributed by atoms with van der Waals surface area (Å²) < 4.78 is 0.889. The predicted octanol–water partition coefficient (Wildman–Crippen LogP) is 1.87. The maximum absolute atomic E-state index is 12.5. The van der Waals surface area contributed by atoms with Gasteiger partial charge in [-0.3, -0.25) is 9.69 Å². The van der Waals surface area contributed by atoms with Gasteiger partial charge in [-0.2, -0.15) is 0 Å². The number of hydrogen-bond donors (Lipinski definition) is 1. The highest BCUT2D eigenvalue weighted by atomic mass is 79.9. The predicted molar refractivity (Wildman–Crippen MR) is 79.2 cm³/mol. The zero-order chi connectivity index (χ0) is 14.2. The SMILES string of the molecule is CN1C(CO)C(=O)N(c2ccccc2Br)CC1(C)C. The molecule has 1 N–H and O–H groups in total. The minimum Gasteiger partial charge on any atom is -0.394 e. The number of carbonyl (C=O) groups excluding carboxylic acids is 1. The minimum atomic E-state index is -0.490. The monoisotopic (exact) mass is 326 g/mol. The number of benzene rings is 1. The summed E-state index contributed by atoms with van der Waals surface area (Å²) in [6.07, 6.45) is 0. The van der Waals surface area contributed by atoms with Crippen LogP contribution < -0.4 is 4.90 Å². The number of piperazine rings is 1. The second-order valence-electron chi connectivity index (χ2n) is 5.50. The molecule has 1 aliphatic heterocycles. The number of para-hydroxylation sites is 1. The summed E-state index contributed by atoms with van der Waals surface area (Å²) in [6.45, 7) is 4.58. The lowest BCUT2D eigenvalue weighted by molar-refractivity contribution is -0.131. The molecule has 0 aliphatic carbocycles. The van der Waals surface area contributed by atoms with Crippen LogP contribution in [0.4, 0.5) is 5.69 Å². The van der Waals surface area contributed by atoms with E-state index in [1.807, 2.05) is 36.2 Å². The quantitative estimate of drug-likeness (QED) is 0.902. The normalized spacial score (nSPS) is 23.7. The molecule has 0 spiro atoms. The summed E-state index contributed by atoms with van der Waals surface area (Å²) >= 11 is 3.48. The second-order valence-corrected chi connectivity index (χ2v) is 6.35. The van der Waals surface area contributed by atoms with Crippen LogP contribution in [-0.4, -0.2) is 47.7 Å². The molecular formula is C14H19BrN2O2. The van der Waals surface area contributed by atoms with Crippen LogP contribution in [0.25, 0.3) is 0 Å². The number of nitrogens with zero attached hydrogens (tertiary/aromatic N) is 2. The minimum absolute atomic E-state index is 0.0591. The highest BCUT2D eigenvalue weighted by Crippen LogP contribution is 2.32. The Morgan fingerprint density at radius 2 is 2.05 bits per heavy atom. The highest BCUT2D eigenvalue weighted by Gasteiger charge is 2.43. The van der Waals surface area contributed by atoms with Gasteiger partial charge >= 0.3 is 0 Å². The molecule has 1 amide bonds. The van der Waals surface area contributed by atoms with E-state index in [4.69, 9.17) is 0 Å². The fraction of sp³-hybridized carbons (Fsp3) is 0.500. The van der Waals surface area contributed by atoms with Crippen molar-refractivity contribution in [1.29, 1.82) is 0 Å². The van der Waals surface area contributed by atoms with Gasteiger partial charge in [0.15, 0.2) is 0 Å². The Kier molecular flexibility index (Phi) is 3.99. The fourth-order valence-electron chi connectivity index (χ4n) is 2.42. The van der Waals surface area contributed by atoms with Crippen LogP contribution in [0.5, 0.6) is 0 Å². The van der Waals surface area contributed by atoms with E-state index in [2.05, 4.69) is 29.8 Å². The zero-order valence-corrected chi connectivity index (χ0v) is 13.0. The van der Waals surface area contributed by atoms with Crippen molar-refractivity contribution in [2.24, 2.45) is 0 Å². The van der Waals surface area contributed by atoms with Gasteiger partial charge in [-0.05, 0) is 49.0 Å². The van der Waals surface area contributed by atoms with Crippen molar-refractivity contribution in [3.63, 3.8) is 0 Å². The number of amides is 1. The van der Waals surface area contributed by atoms with Crippen molar-refractivity contribution < 1.29 is 9.90 Å². The van der Waals surface area contributed by atoms with Gasteiger partial charge in [0, 0.05) is 16.6 Å². The lowest BCUT2D eigenvalue weighted by atomic mass is 9.95. The molecule has 19 heavy (non-hydrogen) atoms. The van der Waals surface area contributed by atoms with E-state index in [1.54, 1.807) is 4.90 Å². The molecule has 2 rings (SSSR count). The van der Waals surface area contributed by atoms with Gasteiger partial charge in [0.05, 0.1) is 12.3 Å². The summed E-state index contributed by atoms with van der Waals surface area (Å²) in [6, 6.07) is 7.17. The van der Waals surface area contributed by atoms with Crippen molar-refractivity contribution >= 4 is 27.5 Å². The lowest BCUT2D eigenvalue weighted by Gasteiger charge is -2.49. The molecular weight excluding hydrogens is 308 g/mol. The zero-order valence-electron chi connectivity index (χ0n) is 11.4. The van der Waals surface area contributed by atoms with Crippen LogP contribution >= 0.6 is 15.9 Å². The lowest BCUT2D eigenvalue weighted by Crippen LogP contribution is -2.66. The highest BCUT2D eigenvalue weighted by molar-refractivity contribution is 9.10. The summed E-state index contributed by atoms with van der Waals surface area (Å²) in [5.74, 6) is -0.0591. The van der Waals surface area contributed by atoms with E-state index in [9.17, 15) is 9.90 Å². The number of carbonyl (C=O) groups is 1. The van der Waals surface area contributed by atoms with Crippen LogP contribution in [0, 0.1) is 0 Å². The number of hydrogen-bond acceptors (Lipinski definition) is 3. The molecule has 1 heterocycles. The van der Waals surface area contributed by atoms with Crippen molar-refractivity contribution in [1.82, 2.24) is 4.90 Å². The molecule has 1 aromatic carbocycles. The molecule has 0 aromatic heterocycles. The van der Waals surface area contributed by atoms with Crippen LogP contribution in [0.3, 0.4) is 0 Å². The average Bonchev–Trinajstić information content (AvgIpc) is 2.36. The van der Waals surface area contributed by atoms with Crippen LogP contribution in [0.15, 0.2) is 28.7 Å². The fourth-order valence-corrected chi connectivity index (χ4v) is 2.92. The largest absolute Gasteiger partial charge is 0.394 e. The maximum atomic E-state index is 12.5. The van der Waals surface area contributed by atoms with Gasteiger partial charge in [-0.1, -0.05) is 12.1 Å². The first-order valence-electron chi connectivity index (χ1n) is 6.28. The number of aliphatic hydroxyl groups excluding tert-OH is 1. The topological polar surface area (TPSA) is 43.8 Å². The number of likely N-dealkylation sites (N-methyl/N-ethyl adjacent to an activating group) is 1. The third kappa shape index (κ3) is 2.55. The molecule has 1 saturated heterocycles. The standard InChI is InChI=1S/C14H19BrN2O2/c1-14(2)9-17(11-7-5-4-6-10(11)15)13(19)12(8-18)16(14)3/h4-7,12,18H,8-9H2,1-3H3. The van der Waals surface area contributed by atoms with Gasteiger partial charge in [0.2, 0.25) is 5.91 Å². The van der Waals surface area contributed by atoms with Gasteiger partial charge in [-0.15, -0.1) is 0 Å². The van der Waals surface area contributed by atoms with Crippen LogP contribution in [-0.2, 0) is 4.79 Å². The molecule has 1 aromatic rings. The van der Waals surface area contributed by atoms with Crippen molar-refractivity contribution in [3.05, 3.63) is 28.7 Å². The molecule has 0 bridgehead atoms. The Morgan fingerprint density at radius 1 is 1.42 bits per heavy atom. The number of rotatable bonds is 2. The van der Waals surface area contributed by atoms with E-state index in [0.29, 0.717) is 6.54 Å². The first-order valence-corrected chi connectivity index (χ1v) is 7.07. The molecule has 4 nitrogen and oxygen atoms in total. The maximum Gasteiger partial charge on any atom is 0.246 e. The van der Waals surface area contributed by atoms with E-state index in [-0.39, 0.29) is 18.1 Å². The van der Waals surface area contributed by atoms with E-state index < -0.39 is 6.04 Å². The van der Waals surface area contributed by atoms with Gasteiger partial charge in [0.25, 0.3) is 0 Å². The molecule has 1 fully saturated rings. The number of anilines is 1. The Balaban J connectivity index is 2.41. The first kappa shape index (κ1) is 14.5. The Bertz CT molecular complexity index is 490. The van der Waals surface area contributed by atoms with Crippen molar-refractivity contribution in [2.45, 2.75) is 25.4 Å².